The van der Waals surface area contributed by atoms with Gasteiger partial charge >= 0.3 is 0 Å². The zero-order chi connectivity index (χ0) is 5.70. The van der Waals surface area contributed by atoms with Gasteiger partial charge in [0.25, 0.3) is 0 Å². The van der Waals surface area contributed by atoms with E-state index in [0.717, 1.165) is 0 Å². The Balaban J connectivity index is 3.23. The molecule has 1 radical (unpaired) electrons. The molecule has 0 saturated heterocycles. The van der Waals surface area contributed by atoms with Crippen molar-refractivity contribution in [3.8, 4) is 6.07 Å². The summed E-state index contributed by atoms with van der Waals surface area (Å²) < 4.78 is 4.44. The Bertz CT molecular complexity index is 70.6. The Hall–Kier alpha value is -0.550. The topological polar surface area (TPSA) is 33.0 Å². The third-order valence-corrected chi connectivity index (χ3v) is 0.716. The lowest BCUT2D eigenvalue weighted by Gasteiger charge is -1.97. The molecular formula is C5H8NO. The van der Waals surface area contributed by atoms with Crippen molar-refractivity contribution in [2.24, 2.45) is 0 Å². The Morgan fingerprint density at radius 2 is 2.57 bits per heavy atom. The van der Waals surface area contributed by atoms with Crippen LogP contribution in [0, 0.1) is 18.4 Å². The van der Waals surface area contributed by atoms with Gasteiger partial charge in [0.2, 0.25) is 0 Å². The van der Waals surface area contributed by atoms with Gasteiger partial charge in [-0.2, -0.15) is 5.26 Å². The standard InChI is InChI=1S/C5H8NO/c1-3-5(4-6)7-2/h5H,2-3H2,1H3. The monoisotopic (exact) mass is 98.1 g/mol. The van der Waals surface area contributed by atoms with Crippen LogP contribution in [0.4, 0.5) is 0 Å². The first-order chi connectivity index (χ1) is 3.35. The fraction of sp³-hybridized carbons (Fsp3) is 0.600. The van der Waals surface area contributed by atoms with Gasteiger partial charge in [0.05, 0.1) is 13.2 Å². The Kier molecular flexibility index (Phi) is 3.35. The molecule has 0 N–H and O–H groups in total. The van der Waals surface area contributed by atoms with E-state index in [0.29, 0.717) is 6.42 Å². The second-order valence-electron chi connectivity index (χ2n) is 1.19. The first-order valence-electron chi connectivity index (χ1n) is 2.15. The summed E-state index contributed by atoms with van der Waals surface area (Å²) >= 11 is 0. The van der Waals surface area contributed by atoms with Gasteiger partial charge in [-0.3, -0.25) is 0 Å². The third kappa shape index (κ3) is 2.18. The second kappa shape index (κ2) is 3.63. The fourth-order valence-corrected chi connectivity index (χ4v) is 0.246. The van der Waals surface area contributed by atoms with E-state index in [1.165, 1.54) is 0 Å². The van der Waals surface area contributed by atoms with Gasteiger partial charge in [-0.25, -0.2) is 0 Å². The first kappa shape index (κ1) is 6.45. The number of nitrogens with zero attached hydrogens (tertiary/aromatic N) is 1. The quantitative estimate of drug-likeness (QED) is 0.518. The molecule has 0 aromatic heterocycles. The van der Waals surface area contributed by atoms with Crippen molar-refractivity contribution in [1.29, 1.82) is 5.26 Å². The lowest BCUT2D eigenvalue weighted by atomic mass is 10.3. The number of ether oxygens (including phenoxy) is 1. The molecule has 2 nitrogen and oxygen atoms in total. The lowest BCUT2D eigenvalue weighted by Crippen LogP contribution is -2.01. The minimum Gasteiger partial charge on any atom is -0.361 e. The summed E-state index contributed by atoms with van der Waals surface area (Å²) in [6.07, 6.45) is 0.389. The molecule has 1 unspecified atom stereocenters. The van der Waals surface area contributed by atoms with E-state index in [-0.39, 0.29) is 6.10 Å². The molecule has 39 valence electrons. The molecule has 0 spiro atoms. The molecule has 0 aliphatic heterocycles. The molecule has 2 heteroatoms. The predicted molar refractivity (Wildman–Crippen MR) is 26.1 cm³/mol. The Morgan fingerprint density at radius 1 is 2.00 bits per heavy atom. The number of hydrogen-bond acceptors (Lipinski definition) is 2. The molecule has 0 heterocycles. The van der Waals surface area contributed by atoms with Gasteiger partial charge in [0.1, 0.15) is 6.10 Å². The summed E-state index contributed by atoms with van der Waals surface area (Å²) in [5, 5.41) is 8.11. The molecule has 1 atom stereocenters. The van der Waals surface area contributed by atoms with E-state index in [9.17, 15) is 0 Å². The maximum atomic E-state index is 8.11. The highest BCUT2D eigenvalue weighted by Gasteiger charge is 1.96. The minimum absolute atomic E-state index is 0.319. The highest BCUT2D eigenvalue weighted by atomic mass is 16.5. The summed E-state index contributed by atoms with van der Waals surface area (Å²) in [6, 6.07) is 1.92. The van der Waals surface area contributed by atoms with Crippen LogP contribution in [0.3, 0.4) is 0 Å². The maximum Gasteiger partial charge on any atom is 0.143 e. The largest absolute Gasteiger partial charge is 0.361 e. The highest BCUT2D eigenvalue weighted by Crippen LogP contribution is 1.91. The van der Waals surface area contributed by atoms with Crippen LogP contribution in [0.15, 0.2) is 0 Å². The van der Waals surface area contributed by atoms with E-state index < -0.39 is 0 Å². The molecule has 0 saturated carbocycles. The van der Waals surface area contributed by atoms with Crippen molar-refractivity contribution < 1.29 is 4.74 Å². The molecule has 0 aromatic rings. The SMILES string of the molecule is [CH2]OC(C#N)CC. The first-order valence-corrected chi connectivity index (χ1v) is 2.15. The maximum absolute atomic E-state index is 8.11. The molecule has 0 amide bonds. The van der Waals surface area contributed by atoms with Crippen molar-refractivity contribution >= 4 is 0 Å². The molecule has 0 rings (SSSR count). The van der Waals surface area contributed by atoms with E-state index in [1.54, 1.807) is 0 Å². The summed E-state index contributed by atoms with van der Waals surface area (Å²) in [6.45, 7) is 1.87. The van der Waals surface area contributed by atoms with Gasteiger partial charge < -0.3 is 4.74 Å². The molecule has 0 bridgehead atoms. The number of nitriles is 1. The summed E-state index contributed by atoms with van der Waals surface area (Å²) in [7, 11) is 3.11. The van der Waals surface area contributed by atoms with Gasteiger partial charge in [0.15, 0.2) is 0 Å². The van der Waals surface area contributed by atoms with E-state index in [2.05, 4.69) is 11.8 Å². The summed E-state index contributed by atoms with van der Waals surface area (Å²) in [5.41, 5.74) is 0. The molecular weight excluding hydrogens is 90.1 g/mol. The lowest BCUT2D eigenvalue weighted by molar-refractivity contribution is 0.182. The van der Waals surface area contributed by atoms with Crippen molar-refractivity contribution in [1.82, 2.24) is 0 Å². The molecule has 0 aliphatic carbocycles. The molecule has 0 fully saturated rings. The van der Waals surface area contributed by atoms with Crippen LogP contribution in [0.1, 0.15) is 13.3 Å². The van der Waals surface area contributed by atoms with E-state index in [4.69, 9.17) is 5.26 Å². The zero-order valence-corrected chi connectivity index (χ0v) is 4.35. The van der Waals surface area contributed by atoms with E-state index >= 15 is 0 Å². The Labute approximate surface area is 43.7 Å². The van der Waals surface area contributed by atoms with Crippen molar-refractivity contribution in [3.05, 3.63) is 7.11 Å². The van der Waals surface area contributed by atoms with Crippen molar-refractivity contribution in [3.63, 3.8) is 0 Å². The fourth-order valence-electron chi connectivity index (χ4n) is 0.246. The van der Waals surface area contributed by atoms with Gasteiger partial charge in [-0.15, -0.1) is 0 Å². The van der Waals surface area contributed by atoms with Crippen LogP contribution in [0.2, 0.25) is 0 Å². The number of rotatable bonds is 2. The van der Waals surface area contributed by atoms with Gasteiger partial charge in [0, 0.05) is 0 Å². The van der Waals surface area contributed by atoms with Crippen molar-refractivity contribution in [2.45, 2.75) is 19.4 Å². The average molecular weight is 98.1 g/mol. The normalized spacial score (nSPS) is 12.7. The van der Waals surface area contributed by atoms with Crippen LogP contribution in [-0.4, -0.2) is 6.10 Å². The van der Waals surface area contributed by atoms with Crippen LogP contribution >= 0.6 is 0 Å². The molecule has 0 aromatic carbocycles. The van der Waals surface area contributed by atoms with E-state index in [1.807, 2.05) is 13.0 Å². The van der Waals surface area contributed by atoms with Crippen LogP contribution in [0.25, 0.3) is 0 Å². The van der Waals surface area contributed by atoms with Crippen molar-refractivity contribution in [2.75, 3.05) is 0 Å². The number of hydrogen-bond donors (Lipinski definition) is 0. The third-order valence-electron chi connectivity index (χ3n) is 0.716. The zero-order valence-electron chi connectivity index (χ0n) is 4.35. The average Bonchev–Trinajstić information content (AvgIpc) is 1.72. The highest BCUT2D eigenvalue weighted by molar-refractivity contribution is 4.81. The summed E-state index contributed by atoms with van der Waals surface area (Å²) in [5.74, 6) is 0. The predicted octanol–water partition coefficient (Wildman–Crippen LogP) is 1.10. The minimum atomic E-state index is -0.319. The van der Waals surface area contributed by atoms with Gasteiger partial charge in [-0.05, 0) is 6.42 Å². The van der Waals surface area contributed by atoms with Crippen LogP contribution in [-0.2, 0) is 4.74 Å². The van der Waals surface area contributed by atoms with Gasteiger partial charge in [-0.1, -0.05) is 6.92 Å². The molecule has 0 aliphatic rings. The van der Waals surface area contributed by atoms with Crippen LogP contribution in [0.5, 0.6) is 0 Å². The summed E-state index contributed by atoms with van der Waals surface area (Å²) in [4.78, 5) is 0. The van der Waals surface area contributed by atoms with Crippen LogP contribution < -0.4 is 0 Å². The Morgan fingerprint density at radius 3 is 2.57 bits per heavy atom. The second-order valence-corrected chi connectivity index (χ2v) is 1.19. The molecule has 7 heavy (non-hydrogen) atoms. The smallest absolute Gasteiger partial charge is 0.143 e.